The van der Waals surface area contributed by atoms with Gasteiger partial charge in [0.1, 0.15) is 6.04 Å². The van der Waals surface area contributed by atoms with Gasteiger partial charge in [-0.05, 0) is 49.2 Å². The second-order valence-electron chi connectivity index (χ2n) is 8.83. The first-order chi connectivity index (χ1) is 17.6. The summed E-state index contributed by atoms with van der Waals surface area (Å²) in [5.41, 5.74) is 2.76. The summed E-state index contributed by atoms with van der Waals surface area (Å²) in [7, 11) is -2.60. The molecule has 0 radical (unpaired) electrons. The molecule has 0 aliphatic carbocycles. The third-order valence-electron chi connectivity index (χ3n) is 5.94. The van der Waals surface area contributed by atoms with E-state index in [2.05, 4.69) is 5.32 Å². The Morgan fingerprint density at radius 2 is 1.59 bits per heavy atom. The monoisotopic (exact) mass is 541 g/mol. The lowest BCUT2D eigenvalue weighted by Gasteiger charge is -2.32. The molecule has 0 aliphatic heterocycles. The predicted octanol–water partition coefficient (Wildman–Crippen LogP) is 4.05. The third-order valence-corrected chi connectivity index (χ3v) is 8.01. The summed E-state index contributed by atoms with van der Waals surface area (Å²) >= 11 is 5.90. The SMILES string of the molecule is CCNC(=O)[C@@H](Cc1ccccc1)N(Cc1cccc(C)c1)C(=O)CN(C)S(=O)(=O)c1ccc(Cl)cc1. The molecule has 1 atom stereocenters. The number of sulfonamides is 1. The van der Waals surface area contributed by atoms with Crippen molar-refractivity contribution < 1.29 is 18.0 Å². The molecule has 0 heterocycles. The first-order valence-electron chi connectivity index (χ1n) is 12.0. The fourth-order valence-electron chi connectivity index (χ4n) is 4.01. The number of rotatable bonds is 11. The van der Waals surface area contributed by atoms with Crippen molar-refractivity contribution in [2.24, 2.45) is 0 Å². The molecule has 0 aliphatic rings. The van der Waals surface area contributed by atoms with Gasteiger partial charge in [-0.1, -0.05) is 71.8 Å². The highest BCUT2D eigenvalue weighted by Gasteiger charge is 2.32. The van der Waals surface area contributed by atoms with Gasteiger partial charge in [-0.25, -0.2) is 8.42 Å². The van der Waals surface area contributed by atoms with E-state index in [0.717, 1.165) is 21.0 Å². The van der Waals surface area contributed by atoms with E-state index in [9.17, 15) is 18.0 Å². The Morgan fingerprint density at radius 1 is 0.946 bits per heavy atom. The summed E-state index contributed by atoms with van der Waals surface area (Å²) in [4.78, 5) is 28.5. The molecule has 9 heteroatoms. The minimum absolute atomic E-state index is 0.0296. The van der Waals surface area contributed by atoms with Crippen LogP contribution in [0.2, 0.25) is 5.02 Å². The van der Waals surface area contributed by atoms with Crippen LogP contribution >= 0.6 is 11.6 Å². The smallest absolute Gasteiger partial charge is 0.243 e. The maximum absolute atomic E-state index is 13.7. The van der Waals surface area contributed by atoms with E-state index in [-0.39, 0.29) is 23.8 Å². The lowest BCUT2D eigenvalue weighted by atomic mass is 10.0. The summed E-state index contributed by atoms with van der Waals surface area (Å²) in [6.07, 6.45) is 0.290. The summed E-state index contributed by atoms with van der Waals surface area (Å²) in [6, 6.07) is 22.1. The van der Waals surface area contributed by atoms with Crippen molar-refractivity contribution in [1.82, 2.24) is 14.5 Å². The van der Waals surface area contributed by atoms with Crippen molar-refractivity contribution in [2.75, 3.05) is 20.1 Å². The van der Waals surface area contributed by atoms with Crippen molar-refractivity contribution in [2.45, 2.75) is 37.8 Å². The molecule has 7 nitrogen and oxygen atoms in total. The van der Waals surface area contributed by atoms with Crippen molar-refractivity contribution in [3.63, 3.8) is 0 Å². The molecule has 1 N–H and O–H groups in total. The molecule has 0 aromatic heterocycles. The van der Waals surface area contributed by atoms with Gasteiger partial charge in [0.25, 0.3) is 0 Å². The minimum Gasteiger partial charge on any atom is -0.355 e. The van der Waals surface area contributed by atoms with Crippen LogP contribution in [0.1, 0.15) is 23.6 Å². The number of hydrogen-bond donors (Lipinski definition) is 1. The molecular formula is C28H32ClN3O4S. The van der Waals surface area contributed by atoms with E-state index < -0.39 is 28.5 Å². The first kappa shape index (κ1) is 28.4. The zero-order chi connectivity index (χ0) is 27.0. The third kappa shape index (κ3) is 7.64. The molecule has 2 amide bonds. The van der Waals surface area contributed by atoms with Crippen LogP contribution in [0.3, 0.4) is 0 Å². The van der Waals surface area contributed by atoms with E-state index in [0.29, 0.717) is 11.6 Å². The number of amides is 2. The van der Waals surface area contributed by atoms with Crippen molar-refractivity contribution in [3.8, 4) is 0 Å². The van der Waals surface area contributed by atoms with Crippen LogP contribution in [0, 0.1) is 6.92 Å². The molecular weight excluding hydrogens is 510 g/mol. The minimum atomic E-state index is -3.95. The van der Waals surface area contributed by atoms with Gasteiger partial charge in [0.2, 0.25) is 21.8 Å². The maximum atomic E-state index is 13.7. The Hall–Kier alpha value is -3.20. The molecule has 0 spiro atoms. The number of carbonyl (C=O) groups excluding carboxylic acids is 2. The standard InChI is InChI=1S/C28H32ClN3O4S/c1-4-30-28(34)26(18-22-10-6-5-7-11-22)32(19-23-12-8-9-21(2)17-23)27(33)20-31(3)37(35,36)25-15-13-24(29)14-16-25/h5-17,26H,4,18-20H2,1-3H3,(H,30,34)/t26-/m1/s1. The number of aryl methyl sites for hydroxylation is 1. The number of benzene rings is 3. The highest BCUT2D eigenvalue weighted by molar-refractivity contribution is 7.89. The Labute approximate surface area is 224 Å². The summed E-state index contributed by atoms with van der Waals surface area (Å²) in [6.45, 7) is 3.90. The lowest BCUT2D eigenvalue weighted by Crippen LogP contribution is -2.53. The van der Waals surface area contributed by atoms with Crippen molar-refractivity contribution in [3.05, 3.63) is 101 Å². The van der Waals surface area contributed by atoms with Crippen LogP contribution in [-0.2, 0) is 32.6 Å². The summed E-state index contributed by atoms with van der Waals surface area (Å²) in [5, 5.41) is 3.25. The second kappa shape index (κ2) is 12.9. The Morgan fingerprint density at radius 3 is 2.22 bits per heavy atom. The molecule has 196 valence electrons. The molecule has 37 heavy (non-hydrogen) atoms. The predicted molar refractivity (Wildman–Crippen MR) is 146 cm³/mol. The Kier molecular flexibility index (Phi) is 9.86. The quantitative estimate of drug-likeness (QED) is 0.397. The Balaban J connectivity index is 1.95. The highest BCUT2D eigenvalue weighted by Crippen LogP contribution is 2.20. The second-order valence-corrected chi connectivity index (χ2v) is 11.3. The van der Waals surface area contributed by atoms with Gasteiger partial charge in [-0.2, -0.15) is 4.31 Å². The molecule has 3 aromatic carbocycles. The average Bonchev–Trinajstić information content (AvgIpc) is 2.87. The van der Waals surface area contributed by atoms with E-state index in [4.69, 9.17) is 11.6 Å². The summed E-state index contributed by atoms with van der Waals surface area (Å²) < 4.78 is 27.3. The van der Waals surface area contributed by atoms with Gasteiger partial charge >= 0.3 is 0 Å². The largest absolute Gasteiger partial charge is 0.355 e. The van der Waals surface area contributed by atoms with Crippen LogP contribution in [0.25, 0.3) is 0 Å². The fraction of sp³-hybridized carbons (Fsp3) is 0.286. The molecule has 0 unspecified atom stereocenters. The summed E-state index contributed by atoms with van der Waals surface area (Å²) in [5.74, 6) is -0.774. The van der Waals surface area contributed by atoms with E-state index in [1.807, 2.05) is 68.4 Å². The van der Waals surface area contributed by atoms with E-state index in [1.165, 1.54) is 36.2 Å². The normalized spacial score (nSPS) is 12.2. The lowest BCUT2D eigenvalue weighted by molar-refractivity contribution is -0.141. The zero-order valence-corrected chi connectivity index (χ0v) is 22.8. The molecule has 0 saturated heterocycles. The van der Waals surface area contributed by atoms with Crippen LogP contribution in [0.5, 0.6) is 0 Å². The van der Waals surface area contributed by atoms with Gasteiger partial charge in [0.15, 0.2) is 0 Å². The van der Waals surface area contributed by atoms with Gasteiger partial charge in [0, 0.05) is 31.6 Å². The Bertz CT molecular complexity index is 1310. The highest BCUT2D eigenvalue weighted by atomic mass is 35.5. The number of likely N-dealkylation sites (N-methyl/N-ethyl adjacent to an activating group) is 2. The molecule has 3 rings (SSSR count). The number of nitrogens with one attached hydrogen (secondary N) is 1. The topological polar surface area (TPSA) is 86.8 Å². The van der Waals surface area contributed by atoms with Crippen LogP contribution < -0.4 is 5.32 Å². The van der Waals surface area contributed by atoms with Gasteiger partial charge in [0.05, 0.1) is 11.4 Å². The average molecular weight is 542 g/mol. The first-order valence-corrected chi connectivity index (χ1v) is 13.8. The number of nitrogens with zero attached hydrogens (tertiary/aromatic N) is 2. The maximum Gasteiger partial charge on any atom is 0.243 e. The molecule has 0 fully saturated rings. The van der Waals surface area contributed by atoms with E-state index in [1.54, 1.807) is 0 Å². The fourth-order valence-corrected chi connectivity index (χ4v) is 5.25. The zero-order valence-electron chi connectivity index (χ0n) is 21.2. The van der Waals surface area contributed by atoms with Gasteiger partial charge in [-0.15, -0.1) is 0 Å². The van der Waals surface area contributed by atoms with Gasteiger partial charge < -0.3 is 10.2 Å². The van der Waals surface area contributed by atoms with Crippen LogP contribution in [-0.4, -0.2) is 55.6 Å². The molecule has 0 saturated carbocycles. The van der Waals surface area contributed by atoms with Crippen LogP contribution in [0.4, 0.5) is 0 Å². The molecule has 0 bridgehead atoms. The van der Waals surface area contributed by atoms with Crippen molar-refractivity contribution in [1.29, 1.82) is 0 Å². The van der Waals surface area contributed by atoms with E-state index >= 15 is 0 Å². The number of carbonyl (C=O) groups is 2. The van der Waals surface area contributed by atoms with Crippen molar-refractivity contribution >= 4 is 33.4 Å². The molecule has 3 aromatic rings. The number of hydrogen-bond acceptors (Lipinski definition) is 4. The van der Waals surface area contributed by atoms with Gasteiger partial charge in [-0.3, -0.25) is 9.59 Å². The number of halogens is 1. The van der Waals surface area contributed by atoms with Crippen LogP contribution in [0.15, 0.2) is 83.8 Å².